The summed E-state index contributed by atoms with van der Waals surface area (Å²) in [6, 6.07) is 4.03. The molecule has 0 saturated heterocycles. The molecular weight excluding hydrogens is 455 g/mol. The molecule has 0 aliphatic heterocycles. The fourth-order valence-corrected chi connectivity index (χ4v) is 4.04. The van der Waals surface area contributed by atoms with Crippen LogP contribution in [0, 0.1) is 5.92 Å². The first kappa shape index (κ1) is 26.3. The van der Waals surface area contributed by atoms with E-state index in [1.165, 1.54) is 18.0 Å². The lowest BCUT2D eigenvalue weighted by atomic mass is 10.0. The topological polar surface area (TPSA) is 93.5 Å². The molecule has 0 radical (unpaired) electrons. The Bertz CT molecular complexity index is 1150. The number of carbonyl (C=O) groups is 2. The van der Waals surface area contributed by atoms with Gasteiger partial charge in [-0.3, -0.25) is 9.59 Å². The van der Waals surface area contributed by atoms with Crippen LogP contribution in [0.5, 0.6) is 0 Å². The predicted molar refractivity (Wildman–Crippen MR) is 123 cm³/mol. The van der Waals surface area contributed by atoms with Crippen LogP contribution in [-0.4, -0.2) is 27.9 Å². The number of carboxylic acids is 1. The SMILES string of the molecule is C=c1occ(CC(=O)O)/c1=C/[C@@H](C)C(C)SCC(N)=C(C)C(=O)c1ccc(C(F)(F)F)cc1. The Kier molecular flexibility index (Phi) is 8.60. The number of halogens is 3. The molecule has 0 aliphatic rings. The first-order valence-electron chi connectivity index (χ1n) is 10.1. The quantitative estimate of drug-likeness (QED) is 0.416. The van der Waals surface area contributed by atoms with Gasteiger partial charge in [0.15, 0.2) is 5.78 Å². The van der Waals surface area contributed by atoms with Crippen molar-refractivity contribution in [1.82, 2.24) is 0 Å². The van der Waals surface area contributed by atoms with Gasteiger partial charge in [-0.2, -0.15) is 24.9 Å². The van der Waals surface area contributed by atoms with Gasteiger partial charge in [0, 0.05) is 38.6 Å². The molecule has 0 saturated carbocycles. The van der Waals surface area contributed by atoms with Gasteiger partial charge in [0.2, 0.25) is 0 Å². The molecule has 33 heavy (non-hydrogen) atoms. The van der Waals surface area contributed by atoms with Crippen LogP contribution in [0.2, 0.25) is 0 Å². The minimum Gasteiger partial charge on any atom is -0.481 e. The number of furan rings is 1. The molecule has 2 aromatic rings. The summed E-state index contributed by atoms with van der Waals surface area (Å²) in [6.07, 6.45) is -1.34. The second-order valence-corrected chi connectivity index (χ2v) is 9.13. The van der Waals surface area contributed by atoms with Crippen molar-refractivity contribution in [2.45, 2.75) is 38.6 Å². The highest BCUT2D eigenvalue weighted by Crippen LogP contribution is 2.29. The van der Waals surface area contributed by atoms with Crippen molar-refractivity contribution in [3.8, 4) is 0 Å². The van der Waals surface area contributed by atoms with Crippen LogP contribution >= 0.6 is 11.8 Å². The average molecular weight is 482 g/mol. The highest BCUT2D eigenvalue weighted by atomic mass is 32.2. The Labute approximate surface area is 193 Å². The van der Waals surface area contributed by atoms with Crippen LogP contribution in [0.25, 0.3) is 12.7 Å². The Morgan fingerprint density at radius 2 is 1.85 bits per heavy atom. The van der Waals surface area contributed by atoms with Crippen molar-refractivity contribution in [3.05, 3.63) is 69.1 Å². The van der Waals surface area contributed by atoms with Gasteiger partial charge in [-0.05, 0) is 25.0 Å². The number of hydrogen-bond donors (Lipinski definition) is 2. The summed E-state index contributed by atoms with van der Waals surface area (Å²) in [4.78, 5) is 23.6. The van der Waals surface area contributed by atoms with E-state index in [2.05, 4.69) is 6.58 Å². The maximum absolute atomic E-state index is 12.7. The zero-order valence-electron chi connectivity index (χ0n) is 18.5. The number of rotatable bonds is 9. The molecule has 1 heterocycles. The number of carboxylic acid groups (broad SMARTS) is 1. The maximum atomic E-state index is 12.7. The van der Waals surface area contributed by atoms with Crippen LogP contribution < -0.4 is 16.4 Å². The summed E-state index contributed by atoms with van der Waals surface area (Å²) >= 11 is 1.50. The number of allylic oxidation sites excluding steroid dienone is 1. The van der Waals surface area contributed by atoms with Crippen LogP contribution in [0.15, 0.2) is 46.2 Å². The minimum atomic E-state index is -4.47. The van der Waals surface area contributed by atoms with Gasteiger partial charge in [-0.25, -0.2) is 0 Å². The van der Waals surface area contributed by atoms with E-state index in [1.807, 2.05) is 19.9 Å². The van der Waals surface area contributed by atoms with Crippen molar-refractivity contribution in [2.75, 3.05) is 5.75 Å². The van der Waals surface area contributed by atoms with E-state index in [1.54, 1.807) is 6.92 Å². The van der Waals surface area contributed by atoms with Crippen molar-refractivity contribution in [1.29, 1.82) is 0 Å². The zero-order valence-corrected chi connectivity index (χ0v) is 19.3. The third-order valence-electron chi connectivity index (χ3n) is 5.30. The molecule has 9 heteroatoms. The molecular formula is C24H26F3NO4S. The monoisotopic (exact) mass is 481 g/mol. The Morgan fingerprint density at radius 3 is 2.39 bits per heavy atom. The molecule has 1 aromatic carbocycles. The van der Waals surface area contributed by atoms with E-state index in [-0.39, 0.29) is 28.7 Å². The summed E-state index contributed by atoms with van der Waals surface area (Å²) in [6.45, 7) is 9.30. The van der Waals surface area contributed by atoms with E-state index in [0.717, 1.165) is 24.3 Å². The highest BCUT2D eigenvalue weighted by Gasteiger charge is 2.30. The molecule has 2 atom stereocenters. The number of carbonyl (C=O) groups excluding carboxylic acids is 1. The third kappa shape index (κ3) is 7.02. The lowest BCUT2D eigenvalue weighted by Crippen LogP contribution is -2.26. The fourth-order valence-electron chi connectivity index (χ4n) is 3.00. The van der Waals surface area contributed by atoms with Gasteiger partial charge >= 0.3 is 12.1 Å². The van der Waals surface area contributed by atoms with Crippen LogP contribution in [0.4, 0.5) is 13.2 Å². The Hall–Kier alpha value is -2.94. The van der Waals surface area contributed by atoms with Gasteiger partial charge in [0.1, 0.15) is 5.42 Å². The average Bonchev–Trinajstić information content (AvgIpc) is 3.08. The Morgan fingerprint density at radius 1 is 1.24 bits per heavy atom. The lowest BCUT2D eigenvalue weighted by molar-refractivity contribution is -0.138. The van der Waals surface area contributed by atoms with Crippen molar-refractivity contribution in [2.24, 2.45) is 11.7 Å². The number of hydrogen-bond acceptors (Lipinski definition) is 5. The molecule has 1 unspecified atom stereocenters. The molecule has 0 fully saturated rings. The second kappa shape index (κ2) is 10.8. The third-order valence-corrected chi connectivity index (χ3v) is 6.73. The van der Waals surface area contributed by atoms with Crippen molar-refractivity contribution in [3.63, 3.8) is 0 Å². The summed E-state index contributed by atoms with van der Waals surface area (Å²) in [7, 11) is 0. The molecule has 3 N–H and O–H groups in total. The van der Waals surface area contributed by atoms with Crippen molar-refractivity contribution < 1.29 is 32.3 Å². The smallest absolute Gasteiger partial charge is 0.416 e. The summed E-state index contributed by atoms with van der Waals surface area (Å²) in [5.74, 6) is -1.03. The standard InChI is InChI=1S/C24H26F3NO4S/c1-13(9-20-15(3)32-11-18(20)10-22(29)30)16(4)33-12-21(28)14(2)23(31)17-5-7-19(8-6-17)24(25,26)27/h5-9,11,13,16H,3,10,12,28H2,1-2,4H3,(H,29,30)/b20-9+,21-14?/t13-,16?/m1/s1. The molecule has 0 bridgehead atoms. The molecule has 178 valence electrons. The summed E-state index contributed by atoms with van der Waals surface area (Å²) < 4.78 is 43.4. The number of benzene rings is 1. The van der Waals surface area contributed by atoms with Crippen LogP contribution in [0.1, 0.15) is 42.3 Å². The zero-order chi connectivity index (χ0) is 24.9. The molecule has 0 aliphatic carbocycles. The summed E-state index contributed by atoms with van der Waals surface area (Å²) in [5, 5.41) is 9.76. The fraction of sp³-hybridized carbons (Fsp3) is 0.333. The first-order chi connectivity index (χ1) is 15.3. The number of Topliss-reactive ketones (excluding diaryl/α,β-unsaturated/α-hetero) is 1. The van der Waals surface area contributed by atoms with E-state index in [4.69, 9.17) is 15.3 Å². The number of ketones is 1. The molecule has 0 spiro atoms. The maximum Gasteiger partial charge on any atom is 0.416 e. The number of alkyl halides is 3. The molecule has 0 amide bonds. The lowest BCUT2D eigenvalue weighted by Gasteiger charge is -2.17. The van der Waals surface area contributed by atoms with Crippen molar-refractivity contribution >= 4 is 36.2 Å². The van der Waals surface area contributed by atoms with E-state index < -0.39 is 23.5 Å². The second-order valence-electron chi connectivity index (χ2n) is 7.76. The van der Waals surface area contributed by atoms with Gasteiger partial charge in [-0.1, -0.05) is 38.6 Å². The summed E-state index contributed by atoms with van der Waals surface area (Å²) in [5.41, 5.74) is 6.99. The van der Waals surface area contributed by atoms with E-state index >= 15 is 0 Å². The van der Waals surface area contributed by atoms with Gasteiger partial charge in [0.25, 0.3) is 0 Å². The largest absolute Gasteiger partial charge is 0.481 e. The minimum absolute atomic E-state index is 0.0133. The number of nitrogens with two attached hydrogens (primary N) is 1. The van der Waals surface area contributed by atoms with E-state index in [0.29, 0.717) is 27.6 Å². The van der Waals surface area contributed by atoms with Gasteiger partial charge < -0.3 is 15.3 Å². The molecule has 5 nitrogen and oxygen atoms in total. The van der Waals surface area contributed by atoms with Crippen LogP contribution in [0.3, 0.4) is 0 Å². The Balaban J connectivity index is 2.09. The molecule has 1 aromatic heterocycles. The number of thioether (sulfide) groups is 1. The number of aliphatic carboxylic acids is 1. The van der Waals surface area contributed by atoms with Gasteiger partial charge in [-0.15, -0.1) is 0 Å². The first-order valence-corrected chi connectivity index (χ1v) is 11.1. The van der Waals surface area contributed by atoms with Crippen LogP contribution in [-0.2, 0) is 17.4 Å². The van der Waals surface area contributed by atoms with Gasteiger partial charge in [0.05, 0.1) is 18.2 Å². The predicted octanol–water partition coefficient (Wildman–Crippen LogP) is 3.99. The normalized spacial score (nSPS) is 15.2. The highest BCUT2D eigenvalue weighted by molar-refractivity contribution is 8.00. The molecule has 2 rings (SSSR count). The van der Waals surface area contributed by atoms with E-state index in [9.17, 15) is 22.8 Å².